The van der Waals surface area contributed by atoms with Gasteiger partial charge in [0.05, 0.1) is 11.9 Å². The Labute approximate surface area is 98.3 Å². The van der Waals surface area contributed by atoms with Crippen LogP contribution in [0.4, 0.5) is 5.82 Å². The summed E-state index contributed by atoms with van der Waals surface area (Å²) in [5.74, 6) is 0.895. The summed E-state index contributed by atoms with van der Waals surface area (Å²) >= 11 is 0. The van der Waals surface area contributed by atoms with E-state index in [1.165, 1.54) is 0 Å². The summed E-state index contributed by atoms with van der Waals surface area (Å²) in [5.41, 5.74) is 2.11. The van der Waals surface area contributed by atoms with Crippen molar-refractivity contribution in [3.8, 4) is 0 Å². The van der Waals surface area contributed by atoms with Crippen LogP contribution in [-0.2, 0) is 0 Å². The van der Waals surface area contributed by atoms with Crippen molar-refractivity contribution in [2.45, 2.75) is 0 Å². The molecule has 2 unspecified atom stereocenters. The van der Waals surface area contributed by atoms with Crippen LogP contribution >= 0.6 is 18.8 Å². The number of hydrogen-bond acceptors (Lipinski definition) is 3. The van der Waals surface area contributed by atoms with Crippen molar-refractivity contribution in [1.82, 2.24) is 13.9 Å². The van der Waals surface area contributed by atoms with Crippen LogP contribution in [0.2, 0.25) is 0 Å². The van der Waals surface area contributed by atoms with Gasteiger partial charge in [0.25, 0.3) is 0 Å². The van der Waals surface area contributed by atoms with Gasteiger partial charge in [-0.3, -0.25) is 9.86 Å². The van der Waals surface area contributed by atoms with Crippen molar-refractivity contribution in [1.29, 1.82) is 5.41 Å². The van der Waals surface area contributed by atoms with E-state index in [1.54, 1.807) is 16.8 Å². The molecule has 0 bridgehead atoms. The molecule has 0 spiro atoms. The van der Waals surface area contributed by atoms with Gasteiger partial charge >= 0.3 is 0 Å². The van der Waals surface area contributed by atoms with Crippen molar-refractivity contribution in [2.75, 3.05) is 12.4 Å². The van der Waals surface area contributed by atoms with E-state index in [9.17, 15) is 0 Å². The molecule has 0 radical (unpaired) electrons. The van der Waals surface area contributed by atoms with Gasteiger partial charge in [-0.2, -0.15) is 5.10 Å². The number of anilines is 1. The molecule has 0 fully saturated rings. The van der Waals surface area contributed by atoms with E-state index < -0.39 is 0 Å². The Kier molecular flexibility index (Phi) is 3.08. The van der Waals surface area contributed by atoms with E-state index in [1.807, 2.05) is 23.6 Å². The summed E-state index contributed by atoms with van der Waals surface area (Å²) in [6.07, 6.45) is 5.37. The second-order valence-corrected chi connectivity index (χ2v) is 4.40. The lowest BCUT2D eigenvalue weighted by Crippen LogP contribution is -2.04. The van der Waals surface area contributed by atoms with Gasteiger partial charge in [-0.05, 0) is 24.8 Å². The average Bonchev–Trinajstić information content (AvgIpc) is 2.83. The highest BCUT2D eigenvalue weighted by atomic mass is 31.0. The predicted molar refractivity (Wildman–Crippen MR) is 72.4 cm³/mol. The quantitative estimate of drug-likeness (QED) is 0.642. The minimum absolute atomic E-state index is 0.458. The summed E-state index contributed by atoms with van der Waals surface area (Å²) in [6.45, 7) is 0. The lowest BCUT2D eigenvalue weighted by Gasteiger charge is -2.06. The molecule has 0 aromatic carbocycles. The smallest absolute Gasteiger partial charge is 0.118 e. The van der Waals surface area contributed by atoms with Crippen molar-refractivity contribution in [3.63, 3.8) is 0 Å². The first-order valence-electron chi connectivity index (χ1n) is 4.66. The van der Waals surface area contributed by atoms with Crippen LogP contribution in [-0.4, -0.2) is 26.6 Å². The summed E-state index contributed by atoms with van der Waals surface area (Å²) in [6, 6.07) is 1.90. The third-order valence-electron chi connectivity index (χ3n) is 2.31. The second-order valence-electron chi connectivity index (χ2n) is 3.32. The average molecular weight is 253 g/mol. The van der Waals surface area contributed by atoms with Crippen LogP contribution in [0.5, 0.6) is 0 Å². The fourth-order valence-electron chi connectivity index (χ4n) is 1.54. The van der Waals surface area contributed by atoms with Crippen molar-refractivity contribution in [3.05, 3.63) is 35.8 Å². The molecule has 5 nitrogen and oxygen atoms in total. The summed E-state index contributed by atoms with van der Waals surface area (Å²) in [5, 5.41) is 15.2. The molecule has 0 saturated heterocycles. The highest BCUT2D eigenvalue weighted by molar-refractivity contribution is 7.14. The molecule has 0 aliphatic rings. The molecule has 0 aliphatic carbocycles. The standard InChI is InChI=1S/C9H13N5P2/c1-11-9-7(2-3-13(9)15)8(10)6-4-12-14(16)5-6/h2-5,10-11H,15-16H2,1H3. The Morgan fingerprint density at radius 2 is 2.25 bits per heavy atom. The fourth-order valence-corrected chi connectivity index (χ4v) is 2.12. The molecular formula is C9H13N5P2. The van der Waals surface area contributed by atoms with Gasteiger partial charge in [-0.1, -0.05) is 0 Å². The monoisotopic (exact) mass is 253 g/mol. The largest absolute Gasteiger partial charge is 0.374 e. The normalized spacial score (nSPS) is 10.4. The summed E-state index contributed by atoms with van der Waals surface area (Å²) < 4.78 is 3.48. The minimum Gasteiger partial charge on any atom is -0.374 e. The lowest BCUT2D eigenvalue weighted by atomic mass is 10.1. The molecule has 2 aromatic rings. The Morgan fingerprint density at radius 3 is 2.81 bits per heavy atom. The Hall–Kier alpha value is -1.18. The third-order valence-corrected chi connectivity index (χ3v) is 3.02. The van der Waals surface area contributed by atoms with Gasteiger partial charge in [0, 0.05) is 30.6 Å². The Balaban J connectivity index is 2.41. The molecular weight excluding hydrogens is 240 g/mol. The Morgan fingerprint density at radius 1 is 1.50 bits per heavy atom. The number of nitrogens with one attached hydrogen (secondary N) is 2. The molecule has 0 amide bonds. The SMILES string of the molecule is CNc1c(C(=N)c2cnn(P)c2)ccn1P. The van der Waals surface area contributed by atoms with Gasteiger partial charge in [0.1, 0.15) is 5.82 Å². The van der Waals surface area contributed by atoms with Crippen molar-refractivity contribution in [2.24, 2.45) is 0 Å². The first-order chi connectivity index (χ1) is 7.63. The molecule has 2 heterocycles. The first kappa shape index (κ1) is 11.3. The Bertz CT molecular complexity index is 528. The molecule has 2 aromatic heterocycles. The molecule has 84 valence electrons. The van der Waals surface area contributed by atoms with E-state index >= 15 is 0 Å². The zero-order valence-electron chi connectivity index (χ0n) is 8.81. The number of rotatable bonds is 3. The van der Waals surface area contributed by atoms with E-state index in [4.69, 9.17) is 5.41 Å². The molecule has 16 heavy (non-hydrogen) atoms. The van der Waals surface area contributed by atoms with Gasteiger partial charge in [-0.15, -0.1) is 0 Å². The van der Waals surface area contributed by atoms with Crippen molar-refractivity contribution >= 4 is 30.3 Å². The highest BCUT2D eigenvalue weighted by Gasteiger charge is 2.13. The fraction of sp³-hybridized carbons (Fsp3) is 0.111. The van der Waals surface area contributed by atoms with E-state index in [0.717, 1.165) is 16.9 Å². The molecule has 7 heteroatoms. The number of aromatic nitrogens is 3. The van der Waals surface area contributed by atoms with Crippen LogP contribution in [0, 0.1) is 5.41 Å². The molecule has 0 saturated carbocycles. The van der Waals surface area contributed by atoms with Crippen LogP contribution in [0.25, 0.3) is 0 Å². The van der Waals surface area contributed by atoms with Crippen LogP contribution in [0.15, 0.2) is 24.7 Å². The van der Waals surface area contributed by atoms with E-state index in [-0.39, 0.29) is 0 Å². The zero-order valence-corrected chi connectivity index (χ0v) is 11.1. The van der Waals surface area contributed by atoms with E-state index in [0.29, 0.717) is 5.71 Å². The van der Waals surface area contributed by atoms with Gasteiger partial charge in [-0.25, -0.2) is 0 Å². The molecule has 0 aliphatic heterocycles. The van der Waals surface area contributed by atoms with Gasteiger partial charge in [0.15, 0.2) is 0 Å². The van der Waals surface area contributed by atoms with Crippen molar-refractivity contribution < 1.29 is 0 Å². The molecule has 2 rings (SSSR count). The minimum atomic E-state index is 0.458. The maximum atomic E-state index is 8.12. The maximum Gasteiger partial charge on any atom is 0.118 e. The van der Waals surface area contributed by atoms with Crippen LogP contribution in [0.3, 0.4) is 0 Å². The van der Waals surface area contributed by atoms with Crippen LogP contribution in [0.1, 0.15) is 11.1 Å². The summed E-state index contributed by atoms with van der Waals surface area (Å²) in [7, 11) is 6.86. The number of nitrogens with zero attached hydrogens (tertiary/aromatic N) is 3. The summed E-state index contributed by atoms with van der Waals surface area (Å²) in [4.78, 5) is 0. The zero-order chi connectivity index (χ0) is 11.7. The topological polar surface area (TPSA) is 58.6 Å². The van der Waals surface area contributed by atoms with Crippen LogP contribution < -0.4 is 5.32 Å². The second kappa shape index (κ2) is 4.36. The molecule has 2 atom stereocenters. The number of hydrogen-bond donors (Lipinski definition) is 2. The van der Waals surface area contributed by atoms with Gasteiger partial charge < -0.3 is 9.65 Å². The predicted octanol–water partition coefficient (Wildman–Crippen LogP) is 1.42. The third kappa shape index (κ3) is 1.89. The highest BCUT2D eigenvalue weighted by Crippen LogP contribution is 2.22. The maximum absolute atomic E-state index is 8.12. The molecule has 2 N–H and O–H groups in total. The van der Waals surface area contributed by atoms with Gasteiger partial charge in [0.2, 0.25) is 0 Å². The van der Waals surface area contributed by atoms with E-state index in [2.05, 4.69) is 29.2 Å². The lowest BCUT2D eigenvalue weighted by molar-refractivity contribution is 1.01. The first-order valence-corrected chi connectivity index (χ1v) is 5.70.